The highest BCUT2D eigenvalue weighted by Crippen LogP contribution is 2.13. The van der Waals surface area contributed by atoms with Crippen molar-refractivity contribution in [2.24, 2.45) is 0 Å². The molecule has 1 saturated heterocycles. The van der Waals surface area contributed by atoms with Gasteiger partial charge in [-0.2, -0.15) is 0 Å². The fourth-order valence-corrected chi connectivity index (χ4v) is 2.27. The molecule has 1 aromatic rings. The molecule has 2 rings (SSSR count). The van der Waals surface area contributed by atoms with E-state index in [1.165, 1.54) is 0 Å². The smallest absolute Gasteiger partial charge is 0.251 e. The Bertz CT molecular complexity index is 403. The minimum atomic E-state index is -0.00301. The molecule has 2 unspecified atom stereocenters. The van der Waals surface area contributed by atoms with E-state index in [1.807, 2.05) is 0 Å². The molecule has 1 heterocycles. The van der Waals surface area contributed by atoms with Crippen molar-refractivity contribution < 1.29 is 9.53 Å². The Morgan fingerprint density at radius 2 is 2.11 bits per heavy atom. The second kappa shape index (κ2) is 5.87. The maximum Gasteiger partial charge on any atom is 0.251 e. The number of piperidine rings is 1. The molecule has 2 N–H and O–H groups in total. The average Bonchev–Trinajstić information content (AvgIpc) is 2.39. The summed E-state index contributed by atoms with van der Waals surface area (Å²) in [4.78, 5) is 12.0. The SMILES string of the molecule is COc1ccc(C(=O)NC2CCNC(C)C2)cc1. The van der Waals surface area contributed by atoms with E-state index < -0.39 is 0 Å². The van der Waals surface area contributed by atoms with Crippen LogP contribution >= 0.6 is 0 Å². The van der Waals surface area contributed by atoms with Gasteiger partial charge in [0.25, 0.3) is 5.91 Å². The Labute approximate surface area is 108 Å². The van der Waals surface area contributed by atoms with Crippen LogP contribution in [0.1, 0.15) is 30.1 Å². The van der Waals surface area contributed by atoms with Gasteiger partial charge in [-0.05, 0) is 50.6 Å². The summed E-state index contributed by atoms with van der Waals surface area (Å²) in [5.74, 6) is 0.763. The molecule has 2 atom stereocenters. The minimum absolute atomic E-state index is 0.00301. The van der Waals surface area contributed by atoms with Gasteiger partial charge in [0.1, 0.15) is 5.75 Å². The van der Waals surface area contributed by atoms with E-state index in [1.54, 1.807) is 31.4 Å². The third kappa shape index (κ3) is 3.23. The van der Waals surface area contributed by atoms with Crippen LogP contribution in [0.4, 0.5) is 0 Å². The Morgan fingerprint density at radius 3 is 2.72 bits per heavy atom. The molecule has 1 aliphatic rings. The number of rotatable bonds is 3. The summed E-state index contributed by atoms with van der Waals surface area (Å²) in [6.45, 7) is 3.11. The topological polar surface area (TPSA) is 50.4 Å². The number of carbonyl (C=O) groups is 1. The zero-order valence-corrected chi connectivity index (χ0v) is 10.9. The molecule has 0 saturated carbocycles. The van der Waals surface area contributed by atoms with Crippen LogP contribution in [-0.4, -0.2) is 31.6 Å². The van der Waals surface area contributed by atoms with Crippen LogP contribution in [0.3, 0.4) is 0 Å². The molecule has 4 heteroatoms. The van der Waals surface area contributed by atoms with Gasteiger partial charge >= 0.3 is 0 Å². The fourth-order valence-electron chi connectivity index (χ4n) is 2.27. The highest BCUT2D eigenvalue weighted by molar-refractivity contribution is 5.94. The summed E-state index contributed by atoms with van der Waals surface area (Å²) < 4.78 is 5.07. The van der Waals surface area contributed by atoms with E-state index in [0.717, 1.165) is 25.1 Å². The third-order valence-corrected chi connectivity index (χ3v) is 3.31. The van der Waals surface area contributed by atoms with Gasteiger partial charge in [-0.1, -0.05) is 0 Å². The van der Waals surface area contributed by atoms with Crippen LogP contribution in [-0.2, 0) is 0 Å². The summed E-state index contributed by atoms with van der Waals surface area (Å²) in [5, 5.41) is 6.46. The third-order valence-electron chi connectivity index (χ3n) is 3.31. The molecule has 0 radical (unpaired) electrons. The maximum absolute atomic E-state index is 12.0. The molecule has 4 nitrogen and oxygen atoms in total. The molecule has 18 heavy (non-hydrogen) atoms. The lowest BCUT2D eigenvalue weighted by molar-refractivity contribution is 0.0925. The van der Waals surface area contributed by atoms with E-state index in [4.69, 9.17) is 4.74 Å². The van der Waals surface area contributed by atoms with Gasteiger partial charge in [0.2, 0.25) is 0 Å². The molecule has 0 bridgehead atoms. The molecule has 1 aliphatic heterocycles. The van der Waals surface area contributed by atoms with Crippen LogP contribution in [0.5, 0.6) is 5.75 Å². The van der Waals surface area contributed by atoms with Crippen molar-refractivity contribution in [3.63, 3.8) is 0 Å². The maximum atomic E-state index is 12.0. The summed E-state index contributed by atoms with van der Waals surface area (Å²) >= 11 is 0. The zero-order valence-electron chi connectivity index (χ0n) is 10.9. The Hall–Kier alpha value is -1.55. The highest BCUT2D eigenvalue weighted by atomic mass is 16.5. The largest absolute Gasteiger partial charge is 0.497 e. The second-order valence-electron chi connectivity index (χ2n) is 4.78. The van der Waals surface area contributed by atoms with Crippen molar-refractivity contribution in [2.45, 2.75) is 31.8 Å². The Balaban J connectivity index is 1.94. The van der Waals surface area contributed by atoms with Crippen LogP contribution in [0.25, 0.3) is 0 Å². The molecular weight excluding hydrogens is 228 g/mol. The van der Waals surface area contributed by atoms with Gasteiger partial charge < -0.3 is 15.4 Å². The van der Waals surface area contributed by atoms with Crippen molar-refractivity contribution in [3.8, 4) is 5.75 Å². The second-order valence-corrected chi connectivity index (χ2v) is 4.78. The Morgan fingerprint density at radius 1 is 1.39 bits per heavy atom. The number of nitrogens with one attached hydrogen (secondary N) is 2. The number of benzene rings is 1. The molecule has 0 spiro atoms. The van der Waals surface area contributed by atoms with Gasteiger partial charge in [-0.3, -0.25) is 4.79 Å². The van der Waals surface area contributed by atoms with Crippen molar-refractivity contribution in [1.29, 1.82) is 0 Å². The lowest BCUT2D eigenvalue weighted by Crippen LogP contribution is -2.46. The number of ether oxygens (including phenoxy) is 1. The molecule has 1 amide bonds. The number of methoxy groups -OCH3 is 1. The minimum Gasteiger partial charge on any atom is -0.497 e. The standard InChI is InChI=1S/C14H20N2O2/c1-10-9-12(7-8-15-10)16-14(17)11-3-5-13(18-2)6-4-11/h3-6,10,12,15H,7-9H2,1-2H3,(H,16,17). The van der Waals surface area contributed by atoms with Crippen LogP contribution in [0, 0.1) is 0 Å². The van der Waals surface area contributed by atoms with E-state index in [-0.39, 0.29) is 11.9 Å². The quantitative estimate of drug-likeness (QED) is 0.853. The van der Waals surface area contributed by atoms with Gasteiger partial charge in [0.05, 0.1) is 7.11 Å². The molecule has 1 fully saturated rings. The van der Waals surface area contributed by atoms with Crippen LogP contribution in [0.15, 0.2) is 24.3 Å². The monoisotopic (exact) mass is 248 g/mol. The summed E-state index contributed by atoms with van der Waals surface area (Å²) in [7, 11) is 1.62. The summed E-state index contributed by atoms with van der Waals surface area (Å²) in [5.41, 5.74) is 0.682. The van der Waals surface area contributed by atoms with Gasteiger partial charge in [0.15, 0.2) is 0 Å². The highest BCUT2D eigenvalue weighted by Gasteiger charge is 2.20. The fraction of sp³-hybridized carbons (Fsp3) is 0.500. The van der Waals surface area contributed by atoms with Crippen molar-refractivity contribution in [3.05, 3.63) is 29.8 Å². The van der Waals surface area contributed by atoms with Crippen LogP contribution < -0.4 is 15.4 Å². The van der Waals surface area contributed by atoms with E-state index >= 15 is 0 Å². The van der Waals surface area contributed by atoms with Crippen molar-refractivity contribution in [2.75, 3.05) is 13.7 Å². The van der Waals surface area contributed by atoms with E-state index in [2.05, 4.69) is 17.6 Å². The summed E-state index contributed by atoms with van der Waals surface area (Å²) in [6, 6.07) is 7.94. The lowest BCUT2D eigenvalue weighted by Gasteiger charge is -2.28. The van der Waals surface area contributed by atoms with Gasteiger partial charge in [-0.25, -0.2) is 0 Å². The van der Waals surface area contributed by atoms with E-state index in [9.17, 15) is 4.79 Å². The van der Waals surface area contributed by atoms with E-state index in [0.29, 0.717) is 11.6 Å². The predicted molar refractivity (Wildman–Crippen MR) is 70.9 cm³/mol. The normalized spacial score (nSPS) is 23.4. The molecule has 1 aromatic carbocycles. The first-order chi connectivity index (χ1) is 8.69. The van der Waals surface area contributed by atoms with Crippen LogP contribution in [0.2, 0.25) is 0 Å². The lowest BCUT2D eigenvalue weighted by atomic mass is 10.0. The first kappa shape index (κ1) is 12.9. The summed E-state index contributed by atoms with van der Waals surface area (Å²) in [6.07, 6.45) is 1.98. The first-order valence-corrected chi connectivity index (χ1v) is 6.37. The molecule has 98 valence electrons. The average molecular weight is 248 g/mol. The molecule has 0 aromatic heterocycles. The zero-order chi connectivity index (χ0) is 13.0. The predicted octanol–water partition coefficient (Wildman–Crippen LogP) is 1.57. The van der Waals surface area contributed by atoms with Crippen molar-refractivity contribution in [1.82, 2.24) is 10.6 Å². The van der Waals surface area contributed by atoms with Crippen molar-refractivity contribution >= 4 is 5.91 Å². The number of hydrogen-bond acceptors (Lipinski definition) is 3. The van der Waals surface area contributed by atoms with Gasteiger partial charge in [0, 0.05) is 17.6 Å². The Kier molecular flexibility index (Phi) is 4.20. The number of carbonyl (C=O) groups excluding carboxylic acids is 1. The first-order valence-electron chi connectivity index (χ1n) is 6.37. The molecular formula is C14H20N2O2. The number of amides is 1. The van der Waals surface area contributed by atoms with Gasteiger partial charge in [-0.15, -0.1) is 0 Å². The number of hydrogen-bond donors (Lipinski definition) is 2. The molecule has 0 aliphatic carbocycles.